The molecule has 6 heteroatoms. The van der Waals surface area contributed by atoms with Gasteiger partial charge >= 0.3 is 6.18 Å². The van der Waals surface area contributed by atoms with Gasteiger partial charge in [-0.1, -0.05) is 0 Å². The van der Waals surface area contributed by atoms with Crippen LogP contribution in [-0.2, 0) is 0 Å². The highest BCUT2D eigenvalue weighted by atomic mass is 19.4. The van der Waals surface area contributed by atoms with Crippen LogP contribution in [0, 0.1) is 11.3 Å². The van der Waals surface area contributed by atoms with E-state index in [0.717, 1.165) is 5.69 Å². The number of anilines is 1. The van der Waals surface area contributed by atoms with Crippen LogP contribution in [0.3, 0.4) is 0 Å². The van der Waals surface area contributed by atoms with Crippen molar-refractivity contribution < 1.29 is 13.2 Å². The first-order valence-electron chi connectivity index (χ1n) is 6.52. The molecule has 20 heavy (non-hydrogen) atoms. The van der Waals surface area contributed by atoms with E-state index >= 15 is 0 Å². The smallest absolute Gasteiger partial charge is 0.382 e. The van der Waals surface area contributed by atoms with Gasteiger partial charge < -0.3 is 5.32 Å². The van der Waals surface area contributed by atoms with Crippen LogP contribution in [0.15, 0.2) is 24.3 Å². The summed E-state index contributed by atoms with van der Waals surface area (Å²) in [6.45, 7) is 0.0809. The van der Waals surface area contributed by atoms with E-state index < -0.39 is 12.7 Å². The fourth-order valence-corrected chi connectivity index (χ4v) is 2.37. The molecule has 1 saturated heterocycles. The zero-order valence-electron chi connectivity index (χ0n) is 11.0. The summed E-state index contributed by atoms with van der Waals surface area (Å²) in [6, 6.07) is 9.32. The van der Waals surface area contributed by atoms with Crippen molar-refractivity contribution in [1.29, 1.82) is 5.26 Å². The van der Waals surface area contributed by atoms with Gasteiger partial charge in [-0.25, -0.2) is 0 Å². The summed E-state index contributed by atoms with van der Waals surface area (Å²) in [7, 11) is 0. The Morgan fingerprint density at radius 2 is 1.80 bits per heavy atom. The van der Waals surface area contributed by atoms with Gasteiger partial charge in [0.15, 0.2) is 0 Å². The van der Waals surface area contributed by atoms with Crippen LogP contribution in [0.1, 0.15) is 18.4 Å². The number of hydrogen-bond acceptors (Lipinski definition) is 3. The highest BCUT2D eigenvalue weighted by Gasteiger charge is 2.32. The maximum Gasteiger partial charge on any atom is 0.401 e. The second kappa shape index (κ2) is 6.14. The van der Waals surface area contributed by atoms with Crippen molar-refractivity contribution in [2.24, 2.45) is 0 Å². The lowest BCUT2D eigenvalue weighted by molar-refractivity contribution is -0.147. The number of likely N-dealkylation sites (tertiary alicyclic amines) is 1. The number of piperidine rings is 1. The number of hydrogen-bond donors (Lipinski definition) is 1. The molecule has 0 spiro atoms. The lowest BCUT2D eigenvalue weighted by atomic mass is 10.0. The molecule has 1 heterocycles. The third-order valence-corrected chi connectivity index (χ3v) is 3.38. The van der Waals surface area contributed by atoms with E-state index in [9.17, 15) is 13.2 Å². The van der Waals surface area contributed by atoms with E-state index in [4.69, 9.17) is 5.26 Å². The zero-order valence-corrected chi connectivity index (χ0v) is 11.0. The van der Waals surface area contributed by atoms with Gasteiger partial charge in [0.2, 0.25) is 0 Å². The molecule has 0 radical (unpaired) electrons. The van der Waals surface area contributed by atoms with Gasteiger partial charge in [0.05, 0.1) is 18.2 Å². The first-order chi connectivity index (χ1) is 9.46. The van der Waals surface area contributed by atoms with Gasteiger partial charge in [0.25, 0.3) is 0 Å². The molecule has 0 saturated carbocycles. The molecule has 1 aromatic rings. The Morgan fingerprint density at radius 1 is 1.20 bits per heavy atom. The molecule has 0 aromatic heterocycles. The lowest BCUT2D eigenvalue weighted by Crippen LogP contribution is -2.43. The summed E-state index contributed by atoms with van der Waals surface area (Å²) in [6.07, 6.45) is -2.74. The molecule has 0 amide bonds. The molecule has 108 valence electrons. The minimum atomic E-state index is -4.12. The van der Waals surface area contributed by atoms with Gasteiger partial charge in [0.1, 0.15) is 0 Å². The molecule has 0 aliphatic carbocycles. The maximum absolute atomic E-state index is 12.3. The van der Waals surface area contributed by atoms with Crippen molar-refractivity contribution >= 4 is 5.69 Å². The third-order valence-electron chi connectivity index (χ3n) is 3.38. The van der Waals surface area contributed by atoms with E-state index in [0.29, 0.717) is 31.5 Å². The van der Waals surface area contributed by atoms with Gasteiger partial charge in [-0.05, 0) is 37.1 Å². The average Bonchev–Trinajstić information content (AvgIpc) is 2.40. The second-order valence-corrected chi connectivity index (χ2v) is 5.00. The largest absolute Gasteiger partial charge is 0.401 e. The predicted molar refractivity (Wildman–Crippen MR) is 70.3 cm³/mol. The average molecular weight is 283 g/mol. The Hall–Kier alpha value is -1.74. The van der Waals surface area contributed by atoms with Crippen molar-refractivity contribution in [3.8, 4) is 6.07 Å². The van der Waals surface area contributed by atoms with Gasteiger partial charge in [-0.2, -0.15) is 18.4 Å². The zero-order chi connectivity index (χ0) is 14.6. The minimum Gasteiger partial charge on any atom is -0.382 e. The number of alkyl halides is 3. The molecule has 0 bridgehead atoms. The van der Waals surface area contributed by atoms with Crippen molar-refractivity contribution in [2.75, 3.05) is 25.0 Å². The molecule has 0 unspecified atom stereocenters. The van der Waals surface area contributed by atoms with Crippen LogP contribution in [0.2, 0.25) is 0 Å². The monoisotopic (exact) mass is 283 g/mol. The Morgan fingerprint density at radius 3 is 2.30 bits per heavy atom. The highest BCUT2D eigenvalue weighted by Crippen LogP contribution is 2.21. The van der Waals surface area contributed by atoms with Gasteiger partial charge in [0, 0.05) is 24.8 Å². The molecule has 2 rings (SSSR count). The van der Waals surface area contributed by atoms with E-state index in [1.54, 1.807) is 12.1 Å². The van der Waals surface area contributed by atoms with Crippen molar-refractivity contribution in [3.63, 3.8) is 0 Å². The topological polar surface area (TPSA) is 39.1 Å². The molecule has 1 fully saturated rings. The molecule has 1 aliphatic heterocycles. The summed E-state index contributed by atoms with van der Waals surface area (Å²) in [5.74, 6) is 0. The SMILES string of the molecule is N#Cc1ccc(NC2CCN(CC(F)(F)F)CC2)cc1. The van der Waals surface area contributed by atoms with Crippen molar-refractivity contribution in [1.82, 2.24) is 4.90 Å². The Kier molecular flexibility index (Phi) is 4.50. The summed E-state index contributed by atoms with van der Waals surface area (Å²) in [5, 5.41) is 12.0. The molecule has 1 aliphatic rings. The van der Waals surface area contributed by atoms with E-state index in [1.165, 1.54) is 4.90 Å². The summed E-state index contributed by atoms with van der Waals surface area (Å²) in [5.41, 5.74) is 1.49. The molecule has 1 aromatic carbocycles. The second-order valence-electron chi connectivity index (χ2n) is 5.00. The number of halogens is 3. The number of rotatable bonds is 3. The Balaban J connectivity index is 1.80. The summed E-state index contributed by atoms with van der Waals surface area (Å²) in [4.78, 5) is 1.44. The number of nitriles is 1. The fraction of sp³-hybridized carbons (Fsp3) is 0.500. The number of nitrogens with zero attached hydrogens (tertiary/aromatic N) is 2. The van der Waals surface area contributed by atoms with E-state index in [1.807, 2.05) is 18.2 Å². The van der Waals surface area contributed by atoms with E-state index in [2.05, 4.69) is 5.32 Å². The minimum absolute atomic E-state index is 0.187. The molecule has 1 N–H and O–H groups in total. The first-order valence-corrected chi connectivity index (χ1v) is 6.52. The fourth-order valence-electron chi connectivity index (χ4n) is 2.37. The van der Waals surface area contributed by atoms with Gasteiger partial charge in [-0.3, -0.25) is 4.90 Å². The standard InChI is InChI=1S/C14H16F3N3/c15-14(16,17)10-20-7-5-13(6-8-20)19-12-3-1-11(9-18)2-4-12/h1-4,13,19H,5-8,10H2. The van der Waals surface area contributed by atoms with Crippen LogP contribution < -0.4 is 5.32 Å². The summed E-state index contributed by atoms with van der Waals surface area (Å²) >= 11 is 0. The van der Waals surface area contributed by atoms with Gasteiger partial charge in [-0.15, -0.1) is 0 Å². The van der Waals surface area contributed by atoms with Crippen LogP contribution in [-0.4, -0.2) is 36.8 Å². The molecular formula is C14H16F3N3. The molecule has 0 atom stereocenters. The van der Waals surface area contributed by atoms with Crippen molar-refractivity contribution in [3.05, 3.63) is 29.8 Å². The van der Waals surface area contributed by atoms with Crippen LogP contribution in [0.5, 0.6) is 0 Å². The highest BCUT2D eigenvalue weighted by molar-refractivity contribution is 5.47. The summed E-state index contributed by atoms with van der Waals surface area (Å²) < 4.78 is 36.8. The third kappa shape index (κ3) is 4.42. The Bertz CT molecular complexity index is 468. The maximum atomic E-state index is 12.3. The predicted octanol–water partition coefficient (Wildman–Crippen LogP) is 3.00. The normalized spacial score (nSPS) is 17.7. The number of nitrogens with one attached hydrogen (secondary N) is 1. The van der Waals surface area contributed by atoms with Crippen molar-refractivity contribution in [2.45, 2.75) is 25.1 Å². The quantitative estimate of drug-likeness (QED) is 0.927. The molecular weight excluding hydrogens is 267 g/mol. The van der Waals surface area contributed by atoms with Crippen LogP contribution in [0.25, 0.3) is 0 Å². The lowest BCUT2D eigenvalue weighted by Gasteiger charge is -2.33. The number of benzene rings is 1. The van der Waals surface area contributed by atoms with E-state index in [-0.39, 0.29) is 6.04 Å². The molecule has 3 nitrogen and oxygen atoms in total. The Labute approximate surface area is 116 Å². The van der Waals surface area contributed by atoms with Crippen LogP contribution >= 0.6 is 0 Å². The van der Waals surface area contributed by atoms with Crippen LogP contribution in [0.4, 0.5) is 18.9 Å². The first kappa shape index (κ1) is 14.7.